The molecule has 0 aliphatic heterocycles. The molecule has 3 heteroatoms. The van der Waals surface area contributed by atoms with Crippen LogP contribution in [0.2, 0.25) is 0 Å². The van der Waals surface area contributed by atoms with Crippen LogP contribution >= 0.6 is 11.3 Å². The van der Waals surface area contributed by atoms with E-state index in [-0.39, 0.29) is 5.41 Å². The fourth-order valence-corrected chi connectivity index (χ4v) is 11.0. The molecule has 0 atom stereocenters. The van der Waals surface area contributed by atoms with Gasteiger partial charge in [-0.3, -0.25) is 0 Å². The summed E-state index contributed by atoms with van der Waals surface area (Å²) in [4.78, 5) is 2.49. The van der Waals surface area contributed by atoms with E-state index in [0.29, 0.717) is 0 Å². The van der Waals surface area contributed by atoms with Crippen LogP contribution in [0.4, 0.5) is 17.1 Å². The first-order valence-electron chi connectivity index (χ1n) is 20.0. The zero-order valence-electron chi connectivity index (χ0n) is 32.2. The molecule has 0 saturated heterocycles. The molecule has 12 rings (SSSR count). The van der Waals surface area contributed by atoms with Crippen LogP contribution in [-0.4, -0.2) is 0 Å². The summed E-state index contributed by atoms with van der Waals surface area (Å²) in [6, 6.07) is 68.8. The van der Waals surface area contributed by atoms with Gasteiger partial charge in [-0.05, 0) is 104 Å². The molecular formula is C55H37NOS. The number of para-hydroxylation sites is 1. The van der Waals surface area contributed by atoms with Crippen LogP contribution in [-0.2, 0) is 5.41 Å². The van der Waals surface area contributed by atoms with E-state index in [1.807, 2.05) is 11.3 Å². The van der Waals surface area contributed by atoms with Crippen molar-refractivity contribution in [3.05, 3.63) is 199 Å². The number of thiophene rings is 1. The lowest BCUT2D eigenvalue weighted by molar-refractivity contribution is 0.662. The van der Waals surface area contributed by atoms with Crippen molar-refractivity contribution in [3.63, 3.8) is 0 Å². The van der Waals surface area contributed by atoms with Crippen LogP contribution in [0, 0.1) is 0 Å². The van der Waals surface area contributed by atoms with Gasteiger partial charge >= 0.3 is 0 Å². The van der Waals surface area contributed by atoms with Crippen LogP contribution in [0.1, 0.15) is 25.0 Å². The summed E-state index contributed by atoms with van der Waals surface area (Å²) < 4.78 is 9.06. The van der Waals surface area contributed by atoms with Crippen LogP contribution in [0.15, 0.2) is 192 Å². The Kier molecular flexibility index (Phi) is 7.18. The average molecular weight is 760 g/mol. The highest BCUT2D eigenvalue weighted by atomic mass is 32.1. The Morgan fingerprint density at radius 2 is 1.14 bits per heavy atom. The molecule has 2 aromatic heterocycles. The summed E-state index contributed by atoms with van der Waals surface area (Å²) in [7, 11) is 0. The van der Waals surface area contributed by atoms with Crippen molar-refractivity contribution < 1.29 is 4.42 Å². The molecule has 11 aromatic rings. The maximum absolute atomic E-state index is 6.52. The topological polar surface area (TPSA) is 16.4 Å². The standard InChI is InChI=1S/C55H37NOS/c1-55(2)45-31-29-37(33-44(45)41-22-11-21-40(54(41)55)35-14-4-3-5-15-35)56(46-23-12-26-49-52(46)42-19-8-9-25-48(42)57-49)47-24-13-27-50-53(47)43-30-28-36(32-51(43)58-50)39-20-10-17-34-16-6-7-18-38(34)39/h3-33H,1-2H3. The molecule has 0 amide bonds. The van der Waals surface area contributed by atoms with Crippen LogP contribution < -0.4 is 4.90 Å². The molecule has 1 aliphatic rings. The Morgan fingerprint density at radius 3 is 2.03 bits per heavy atom. The second-order valence-electron chi connectivity index (χ2n) is 16.0. The lowest BCUT2D eigenvalue weighted by Crippen LogP contribution is -2.16. The highest BCUT2D eigenvalue weighted by Gasteiger charge is 2.38. The van der Waals surface area contributed by atoms with E-state index in [4.69, 9.17) is 4.42 Å². The van der Waals surface area contributed by atoms with Gasteiger partial charge in [-0.2, -0.15) is 0 Å². The number of hydrogen-bond acceptors (Lipinski definition) is 3. The summed E-state index contributed by atoms with van der Waals surface area (Å²) in [5.74, 6) is 0. The van der Waals surface area contributed by atoms with Crippen molar-refractivity contribution in [1.82, 2.24) is 0 Å². The van der Waals surface area contributed by atoms with Gasteiger partial charge in [0.15, 0.2) is 0 Å². The van der Waals surface area contributed by atoms with Gasteiger partial charge in [-0.15, -0.1) is 11.3 Å². The first kappa shape index (κ1) is 33.2. The van der Waals surface area contributed by atoms with Crippen LogP contribution in [0.3, 0.4) is 0 Å². The Hall–Kier alpha value is -6.94. The Bertz CT molecular complexity index is 3440. The lowest BCUT2D eigenvalue weighted by Gasteiger charge is -2.28. The van der Waals surface area contributed by atoms with Gasteiger partial charge in [0.25, 0.3) is 0 Å². The largest absolute Gasteiger partial charge is 0.456 e. The van der Waals surface area contributed by atoms with E-state index in [0.717, 1.165) is 39.0 Å². The Balaban J connectivity index is 1.11. The van der Waals surface area contributed by atoms with Gasteiger partial charge in [0.1, 0.15) is 11.2 Å². The second kappa shape index (κ2) is 12.5. The fraction of sp³-hybridized carbons (Fsp3) is 0.0545. The molecule has 58 heavy (non-hydrogen) atoms. The van der Waals surface area contributed by atoms with E-state index in [2.05, 4.69) is 207 Å². The molecule has 0 N–H and O–H groups in total. The third-order valence-electron chi connectivity index (χ3n) is 12.4. The molecule has 0 radical (unpaired) electrons. The first-order valence-corrected chi connectivity index (χ1v) is 20.8. The van der Waals surface area contributed by atoms with Gasteiger partial charge < -0.3 is 9.32 Å². The molecule has 0 saturated carbocycles. The van der Waals surface area contributed by atoms with Gasteiger partial charge in [0, 0.05) is 36.7 Å². The molecule has 1 aliphatic carbocycles. The zero-order valence-corrected chi connectivity index (χ0v) is 33.0. The maximum Gasteiger partial charge on any atom is 0.137 e. The van der Waals surface area contributed by atoms with Crippen LogP contribution in [0.5, 0.6) is 0 Å². The van der Waals surface area contributed by atoms with E-state index in [1.54, 1.807) is 0 Å². The predicted molar refractivity (Wildman–Crippen MR) is 247 cm³/mol. The number of hydrogen-bond donors (Lipinski definition) is 0. The van der Waals surface area contributed by atoms with E-state index < -0.39 is 0 Å². The lowest BCUT2D eigenvalue weighted by atomic mass is 9.79. The van der Waals surface area contributed by atoms with Gasteiger partial charge in [0.2, 0.25) is 0 Å². The summed E-state index contributed by atoms with van der Waals surface area (Å²) in [5, 5.41) is 7.26. The minimum absolute atomic E-state index is 0.174. The molecule has 2 nitrogen and oxygen atoms in total. The normalized spacial score (nSPS) is 13.1. The van der Waals surface area contributed by atoms with E-state index in [9.17, 15) is 0 Å². The third-order valence-corrected chi connectivity index (χ3v) is 13.6. The molecule has 0 fully saturated rings. The average Bonchev–Trinajstić information content (AvgIpc) is 3.92. The molecule has 9 aromatic carbocycles. The first-order chi connectivity index (χ1) is 28.5. The minimum Gasteiger partial charge on any atom is -0.456 e. The second-order valence-corrected chi connectivity index (χ2v) is 17.1. The Morgan fingerprint density at radius 1 is 0.448 bits per heavy atom. The number of furan rings is 1. The van der Waals surface area contributed by atoms with Crippen LogP contribution in [0.25, 0.3) is 86.3 Å². The molecule has 274 valence electrons. The van der Waals surface area contributed by atoms with Gasteiger partial charge in [-0.25, -0.2) is 0 Å². The number of nitrogens with zero attached hydrogens (tertiary/aromatic N) is 1. The van der Waals surface area contributed by atoms with Crippen molar-refractivity contribution in [2.75, 3.05) is 4.90 Å². The van der Waals surface area contributed by atoms with E-state index >= 15 is 0 Å². The molecular weight excluding hydrogens is 723 g/mol. The number of rotatable bonds is 5. The summed E-state index contributed by atoms with van der Waals surface area (Å²) in [6.07, 6.45) is 0. The maximum atomic E-state index is 6.52. The summed E-state index contributed by atoms with van der Waals surface area (Å²) >= 11 is 1.87. The Labute approximate surface area is 340 Å². The molecule has 2 heterocycles. The van der Waals surface area contributed by atoms with Crippen molar-refractivity contribution >= 4 is 81.3 Å². The summed E-state index contributed by atoms with van der Waals surface area (Å²) in [5.41, 5.74) is 15.3. The SMILES string of the molecule is CC1(C)c2ccc(N(c3cccc4oc5ccccc5c34)c3cccc4sc5cc(-c6cccc7ccccc67)ccc5c34)cc2-c2cccc(-c3ccccc3)c21. The predicted octanol–water partition coefficient (Wildman–Crippen LogP) is 16.2. The number of fused-ring (bicyclic) bond motifs is 10. The van der Waals surface area contributed by atoms with Crippen molar-refractivity contribution in [3.8, 4) is 33.4 Å². The van der Waals surface area contributed by atoms with Gasteiger partial charge in [-0.1, -0.05) is 153 Å². The molecule has 0 bridgehead atoms. The zero-order chi connectivity index (χ0) is 38.5. The molecule has 0 spiro atoms. The van der Waals surface area contributed by atoms with Crippen molar-refractivity contribution in [1.29, 1.82) is 0 Å². The van der Waals surface area contributed by atoms with Crippen molar-refractivity contribution in [2.45, 2.75) is 19.3 Å². The number of anilines is 3. The monoisotopic (exact) mass is 759 g/mol. The van der Waals surface area contributed by atoms with E-state index in [1.165, 1.54) is 75.5 Å². The number of benzene rings is 9. The van der Waals surface area contributed by atoms with Crippen molar-refractivity contribution in [2.24, 2.45) is 0 Å². The molecule has 0 unspecified atom stereocenters. The smallest absolute Gasteiger partial charge is 0.137 e. The van der Waals surface area contributed by atoms with Gasteiger partial charge in [0.05, 0.1) is 16.8 Å². The highest BCUT2D eigenvalue weighted by molar-refractivity contribution is 7.26. The quantitative estimate of drug-likeness (QED) is 0.174. The fourth-order valence-electron chi connectivity index (χ4n) is 9.87. The summed E-state index contributed by atoms with van der Waals surface area (Å²) in [6.45, 7) is 4.76. The minimum atomic E-state index is -0.174. The third kappa shape index (κ3) is 4.84. The highest BCUT2D eigenvalue weighted by Crippen LogP contribution is 2.55.